The molecule has 1 aliphatic heterocycles. The number of piperidine rings is 1. The van der Waals surface area contributed by atoms with Crippen LogP contribution in [0.2, 0.25) is 0 Å². The summed E-state index contributed by atoms with van der Waals surface area (Å²) in [5.41, 5.74) is 5.39. The van der Waals surface area contributed by atoms with Crippen molar-refractivity contribution in [3.8, 4) is 0 Å². The molecule has 0 unspecified atom stereocenters. The lowest BCUT2D eigenvalue weighted by atomic mass is 9.94. The topological polar surface area (TPSA) is 75.8 Å². The van der Waals surface area contributed by atoms with Gasteiger partial charge in [-0.2, -0.15) is 0 Å². The SMILES string of the molecule is CC(C)(C)OC(=O)N1CCC(O)(CSc2ccccc2N)CC1. The van der Waals surface area contributed by atoms with Crippen molar-refractivity contribution in [2.45, 2.75) is 49.7 Å². The van der Waals surface area contributed by atoms with E-state index in [2.05, 4.69) is 0 Å². The number of benzene rings is 1. The molecule has 5 nitrogen and oxygen atoms in total. The van der Waals surface area contributed by atoms with Crippen molar-refractivity contribution >= 4 is 23.5 Å². The van der Waals surface area contributed by atoms with E-state index in [1.54, 1.807) is 16.7 Å². The second kappa shape index (κ2) is 7.01. The lowest BCUT2D eigenvalue weighted by molar-refractivity contribution is -0.0190. The third-order valence-corrected chi connectivity index (χ3v) is 5.13. The van der Waals surface area contributed by atoms with Crippen LogP contribution in [-0.4, -0.2) is 46.1 Å². The molecule has 2 rings (SSSR count). The highest BCUT2D eigenvalue weighted by atomic mass is 32.2. The number of nitrogens with two attached hydrogens (primary N) is 1. The first kappa shape index (κ1) is 17.9. The van der Waals surface area contributed by atoms with Crippen LogP contribution in [0, 0.1) is 0 Å². The molecule has 1 aromatic rings. The molecule has 1 heterocycles. The smallest absolute Gasteiger partial charge is 0.410 e. The Labute approximate surface area is 142 Å². The number of nitrogen functional groups attached to an aromatic ring is 1. The molecule has 0 spiro atoms. The molecule has 6 heteroatoms. The minimum Gasteiger partial charge on any atom is -0.444 e. The number of likely N-dealkylation sites (tertiary alicyclic amines) is 1. The number of carbonyl (C=O) groups is 1. The molecule has 1 aliphatic rings. The van der Waals surface area contributed by atoms with Gasteiger partial charge in [0.2, 0.25) is 0 Å². The molecule has 1 fully saturated rings. The van der Waals surface area contributed by atoms with E-state index < -0.39 is 11.2 Å². The molecule has 0 atom stereocenters. The Bertz CT molecular complexity index is 549. The molecule has 0 radical (unpaired) electrons. The van der Waals surface area contributed by atoms with Gasteiger partial charge < -0.3 is 20.5 Å². The van der Waals surface area contributed by atoms with Gasteiger partial charge >= 0.3 is 6.09 Å². The van der Waals surface area contributed by atoms with Crippen molar-refractivity contribution < 1.29 is 14.6 Å². The highest BCUT2D eigenvalue weighted by molar-refractivity contribution is 7.99. The summed E-state index contributed by atoms with van der Waals surface area (Å²) >= 11 is 1.56. The highest BCUT2D eigenvalue weighted by Gasteiger charge is 2.35. The quantitative estimate of drug-likeness (QED) is 0.654. The van der Waals surface area contributed by atoms with Crippen molar-refractivity contribution in [3.63, 3.8) is 0 Å². The van der Waals surface area contributed by atoms with Crippen LogP contribution in [0.3, 0.4) is 0 Å². The second-order valence-corrected chi connectivity index (χ2v) is 8.04. The predicted octanol–water partition coefficient (Wildman–Crippen LogP) is 3.12. The second-order valence-electron chi connectivity index (χ2n) is 7.02. The summed E-state index contributed by atoms with van der Waals surface area (Å²) in [7, 11) is 0. The lowest BCUT2D eigenvalue weighted by Gasteiger charge is -2.38. The van der Waals surface area contributed by atoms with Gasteiger partial charge in [0.15, 0.2) is 0 Å². The number of hydrogen-bond donors (Lipinski definition) is 2. The maximum atomic E-state index is 12.0. The fraction of sp³-hybridized carbons (Fsp3) is 0.588. The van der Waals surface area contributed by atoms with Gasteiger partial charge in [-0.3, -0.25) is 0 Å². The number of anilines is 1. The zero-order valence-electron chi connectivity index (χ0n) is 14.0. The van der Waals surface area contributed by atoms with Crippen LogP contribution >= 0.6 is 11.8 Å². The Balaban J connectivity index is 1.85. The molecule has 128 valence electrons. The largest absolute Gasteiger partial charge is 0.444 e. The molecule has 1 saturated heterocycles. The van der Waals surface area contributed by atoms with Gasteiger partial charge in [-0.1, -0.05) is 12.1 Å². The van der Waals surface area contributed by atoms with Crippen molar-refractivity contribution in [2.24, 2.45) is 0 Å². The Hall–Kier alpha value is -1.40. The van der Waals surface area contributed by atoms with Crippen molar-refractivity contribution in [2.75, 3.05) is 24.6 Å². The van der Waals surface area contributed by atoms with Crippen LogP contribution in [0.15, 0.2) is 29.2 Å². The third kappa shape index (κ3) is 5.32. The van der Waals surface area contributed by atoms with Crippen molar-refractivity contribution in [3.05, 3.63) is 24.3 Å². The monoisotopic (exact) mass is 338 g/mol. The molecule has 0 saturated carbocycles. The summed E-state index contributed by atoms with van der Waals surface area (Å²) in [6.07, 6.45) is 0.789. The number of nitrogens with zero attached hydrogens (tertiary/aromatic N) is 1. The molecule has 23 heavy (non-hydrogen) atoms. The Morgan fingerprint density at radius 2 is 1.96 bits per heavy atom. The van der Waals surface area contributed by atoms with E-state index in [-0.39, 0.29) is 6.09 Å². The summed E-state index contributed by atoms with van der Waals surface area (Å²) in [5, 5.41) is 10.7. The highest BCUT2D eigenvalue weighted by Crippen LogP contribution is 2.32. The van der Waals surface area contributed by atoms with Crippen LogP contribution in [0.5, 0.6) is 0 Å². The third-order valence-electron chi connectivity index (χ3n) is 3.76. The molecule has 1 amide bonds. The number of ether oxygens (including phenoxy) is 1. The minimum atomic E-state index is -0.772. The van der Waals surface area contributed by atoms with Crippen LogP contribution < -0.4 is 5.73 Å². The maximum Gasteiger partial charge on any atom is 0.410 e. The molecule has 0 aliphatic carbocycles. The van der Waals surface area contributed by atoms with Gasteiger partial charge in [0.05, 0.1) is 5.60 Å². The summed E-state index contributed by atoms with van der Waals surface area (Å²) in [6, 6.07) is 7.65. The van der Waals surface area contributed by atoms with Gasteiger partial charge in [-0.25, -0.2) is 4.79 Å². The van der Waals surface area contributed by atoms with E-state index in [0.29, 0.717) is 31.7 Å². The molecule has 0 aromatic heterocycles. The minimum absolute atomic E-state index is 0.306. The molecule has 3 N–H and O–H groups in total. The van der Waals surface area contributed by atoms with Gasteiger partial charge in [-0.15, -0.1) is 11.8 Å². The molecule has 1 aromatic carbocycles. The number of hydrogen-bond acceptors (Lipinski definition) is 5. The summed E-state index contributed by atoms with van der Waals surface area (Å²) in [4.78, 5) is 14.7. The number of thioether (sulfide) groups is 1. The van der Waals surface area contributed by atoms with Crippen molar-refractivity contribution in [1.29, 1.82) is 0 Å². The molecular formula is C17H26N2O3S. The summed E-state index contributed by atoms with van der Waals surface area (Å²) in [5.74, 6) is 0.573. The molecular weight excluding hydrogens is 312 g/mol. The first-order chi connectivity index (χ1) is 10.7. The number of para-hydroxylation sites is 1. The van der Waals surface area contributed by atoms with Crippen LogP contribution in [-0.2, 0) is 4.74 Å². The number of rotatable bonds is 3. The predicted molar refractivity (Wildman–Crippen MR) is 93.6 cm³/mol. The van der Waals surface area contributed by atoms with Crippen LogP contribution in [0.25, 0.3) is 0 Å². The van der Waals surface area contributed by atoms with Crippen LogP contribution in [0.4, 0.5) is 10.5 Å². The molecule has 0 bridgehead atoms. The van der Waals surface area contributed by atoms with Gasteiger partial charge in [-0.05, 0) is 45.7 Å². The van der Waals surface area contributed by atoms with E-state index in [0.717, 1.165) is 10.6 Å². The van der Waals surface area contributed by atoms with Crippen LogP contribution in [0.1, 0.15) is 33.6 Å². The van der Waals surface area contributed by atoms with Crippen molar-refractivity contribution in [1.82, 2.24) is 4.90 Å². The zero-order chi connectivity index (χ0) is 17.1. The number of carbonyl (C=O) groups excluding carboxylic acids is 1. The van der Waals surface area contributed by atoms with Gasteiger partial charge in [0.25, 0.3) is 0 Å². The Morgan fingerprint density at radius 3 is 2.52 bits per heavy atom. The average Bonchev–Trinajstić information content (AvgIpc) is 2.45. The van der Waals surface area contributed by atoms with E-state index in [9.17, 15) is 9.90 Å². The first-order valence-corrected chi connectivity index (χ1v) is 8.85. The maximum absolute atomic E-state index is 12.0. The lowest BCUT2D eigenvalue weighted by Crippen LogP contribution is -2.49. The van der Waals surface area contributed by atoms with E-state index in [1.807, 2.05) is 45.0 Å². The first-order valence-electron chi connectivity index (χ1n) is 7.86. The normalized spacial score (nSPS) is 17.8. The fourth-order valence-corrected chi connectivity index (χ4v) is 3.52. The van der Waals surface area contributed by atoms with E-state index in [1.165, 1.54) is 0 Å². The fourth-order valence-electron chi connectivity index (χ4n) is 2.40. The summed E-state index contributed by atoms with van der Waals surface area (Å²) in [6.45, 7) is 6.58. The zero-order valence-corrected chi connectivity index (χ0v) is 14.9. The van der Waals surface area contributed by atoms with E-state index in [4.69, 9.17) is 10.5 Å². The Kier molecular flexibility index (Phi) is 5.47. The van der Waals surface area contributed by atoms with E-state index >= 15 is 0 Å². The number of amides is 1. The van der Waals surface area contributed by atoms with Gasteiger partial charge in [0.1, 0.15) is 5.60 Å². The Morgan fingerprint density at radius 1 is 1.35 bits per heavy atom. The standard InChI is InChI=1S/C17H26N2O3S/c1-16(2,3)22-15(20)19-10-8-17(21,9-11-19)12-23-14-7-5-4-6-13(14)18/h4-7,21H,8-12,18H2,1-3H3. The summed E-state index contributed by atoms with van der Waals surface area (Å²) < 4.78 is 5.37. The number of aliphatic hydroxyl groups is 1. The average molecular weight is 338 g/mol. The van der Waals surface area contributed by atoms with Gasteiger partial charge in [0, 0.05) is 29.4 Å².